The molecular formula is C15H15ClN2O2S. The predicted octanol–water partition coefficient (Wildman–Crippen LogP) is 2.79. The molecular weight excluding hydrogens is 308 g/mol. The zero-order valence-electron chi connectivity index (χ0n) is 11.3. The normalized spacial score (nSPS) is 14.5. The van der Waals surface area contributed by atoms with Crippen LogP contribution in [0.3, 0.4) is 0 Å². The molecule has 2 N–H and O–H groups in total. The molecule has 0 aliphatic carbocycles. The van der Waals surface area contributed by atoms with Gasteiger partial charge in [-0.15, -0.1) is 0 Å². The van der Waals surface area contributed by atoms with Gasteiger partial charge in [-0.2, -0.15) is 0 Å². The molecule has 0 unspecified atom stereocenters. The fourth-order valence-corrected chi connectivity index (χ4v) is 3.74. The van der Waals surface area contributed by atoms with Crippen molar-refractivity contribution >= 4 is 27.3 Å². The monoisotopic (exact) mass is 322 g/mol. The van der Waals surface area contributed by atoms with Crippen LogP contribution in [0.15, 0.2) is 47.4 Å². The van der Waals surface area contributed by atoms with E-state index in [1.54, 1.807) is 18.2 Å². The van der Waals surface area contributed by atoms with Crippen molar-refractivity contribution in [3.05, 3.63) is 58.6 Å². The quantitative estimate of drug-likeness (QED) is 0.913. The van der Waals surface area contributed by atoms with Crippen LogP contribution in [0.2, 0.25) is 5.02 Å². The molecule has 2 aromatic rings. The van der Waals surface area contributed by atoms with Crippen LogP contribution in [0, 0.1) is 0 Å². The molecule has 3 rings (SSSR count). The molecule has 1 aliphatic rings. The van der Waals surface area contributed by atoms with Crippen LogP contribution in [0.4, 0.5) is 5.69 Å². The van der Waals surface area contributed by atoms with Crippen LogP contribution in [0.1, 0.15) is 11.1 Å². The molecule has 1 aliphatic heterocycles. The average Bonchev–Trinajstić information content (AvgIpc) is 2.47. The van der Waals surface area contributed by atoms with E-state index in [-0.39, 0.29) is 4.90 Å². The zero-order valence-corrected chi connectivity index (χ0v) is 12.8. The smallest absolute Gasteiger partial charge is 0.261 e. The molecule has 0 bridgehead atoms. The Hall–Kier alpha value is -1.56. The van der Waals surface area contributed by atoms with Crippen molar-refractivity contribution in [2.24, 2.45) is 0 Å². The molecule has 0 saturated carbocycles. The van der Waals surface area contributed by atoms with Crippen molar-refractivity contribution in [3.63, 3.8) is 0 Å². The van der Waals surface area contributed by atoms with Crippen LogP contribution in [-0.2, 0) is 23.0 Å². The molecule has 0 amide bonds. The Balaban J connectivity index is 1.89. The van der Waals surface area contributed by atoms with Crippen LogP contribution in [-0.4, -0.2) is 15.0 Å². The van der Waals surface area contributed by atoms with Crippen LogP contribution >= 0.6 is 11.6 Å². The van der Waals surface area contributed by atoms with Gasteiger partial charge in [-0.05, 0) is 54.4 Å². The fourth-order valence-electron chi connectivity index (χ4n) is 2.39. The highest BCUT2D eigenvalue weighted by atomic mass is 35.5. The van der Waals surface area contributed by atoms with Gasteiger partial charge in [0, 0.05) is 17.3 Å². The molecule has 21 heavy (non-hydrogen) atoms. The van der Waals surface area contributed by atoms with E-state index < -0.39 is 10.0 Å². The number of sulfonamides is 1. The lowest BCUT2D eigenvalue weighted by Gasteiger charge is -2.18. The summed E-state index contributed by atoms with van der Waals surface area (Å²) >= 11 is 5.85. The molecule has 0 atom stereocenters. The fraction of sp³-hybridized carbons (Fsp3) is 0.200. The number of rotatable bonds is 3. The van der Waals surface area contributed by atoms with E-state index in [2.05, 4.69) is 10.0 Å². The van der Waals surface area contributed by atoms with E-state index in [9.17, 15) is 8.42 Å². The molecule has 0 fully saturated rings. The summed E-state index contributed by atoms with van der Waals surface area (Å²) in [5, 5.41) is 3.67. The van der Waals surface area contributed by atoms with Crippen molar-refractivity contribution in [1.29, 1.82) is 0 Å². The molecule has 2 aromatic carbocycles. The summed E-state index contributed by atoms with van der Waals surface area (Å²) in [6, 6.07) is 11.9. The van der Waals surface area contributed by atoms with E-state index >= 15 is 0 Å². The van der Waals surface area contributed by atoms with E-state index in [1.165, 1.54) is 17.7 Å². The van der Waals surface area contributed by atoms with Gasteiger partial charge in [0.05, 0.1) is 4.90 Å². The first-order valence-corrected chi connectivity index (χ1v) is 8.52. The zero-order chi connectivity index (χ0) is 14.9. The minimum Gasteiger partial charge on any atom is -0.312 e. The second kappa shape index (κ2) is 5.67. The third-order valence-electron chi connectivity index (χ3n) is 3.45. The third-order valence-corrected chi connectivity index (χ3v) is 5.07. The summed E-state index contributed by atoms with van der Waals surface area (Å²) in [6.45, 7) is 1.72. The average molecular weight is 323 g/mol. The largest absolute Gasteiger partial charge is 0.312 e. The minimum absolute atomic E-state index is 0.158. The Labute approximate surface area is 129 Å². The molecule has 110 valence electrons. The molecule has 6 heteroatoms. The van der Waals surface area contributed by atoms with Crippen molar-refractivity contribution < 1.29 is 8.42 Å². The van der Waals surface area contributed by atoms with E-state index in [4.69, 9.17) is 11.6 Å². The summed E-state index contributed by atoms with van der Waals surface area (Å²) in [6.07, 6.45) is 0.969. The standard InChI is InChI=1S/C15H15ClN2O2S/c16-13-2-1-3-15(9-13)21(19,20)18-14-5-4-11-6-7-17-10-12(11)8-14/h1-5,8-9,17-18H,6-7,10H2. The predicted molar refractivity (Wildman–Crippen MR) is 84.1 cm³/mol. The van der Waals surface area contributed by atoms with Crippen molar-refractivity contribution in [2.45, 2.75) is 17.9 Å². The van der Waals surface area contributed by atoms with Gasteiger partial charge in [-0.1, -0.05) is 23.7 Å². The van der Waals surface area contributed by atoms with Gasteiger partial charge in [0.1, 0.15) is 0 Å². The van der Waals surface area contributed by atoms with Gasteiger partial charge in [0.2, 0.25) is 0 Å². The van der Waals surface area contributed by atoms with Gasteiger partial charge in [0.15, 0.2) is 0 Å². The highest BCUT2D eigenvalue weighted by Crippen LogP contribution is 2.22. The summed E-state index contributed by atoms with van der Waals surface area (Å²) in [5.74, 6) is 0. The Morgan fingerprint density at radius 3 is 2.76 bits per heavy atom. The number of nitrogens with one attached hydrogen (secondary N) is 2. The van der Waals surface area contributed by atoms with Crippen molar-refractivity contribution in [3.8, 4) is 0 Å². The first-order chi connectivity index (χ1) is 10.0. The molecule has 0 radical (unpaired) electrons. The third kappa shape index (κ3) is 3.20. The molecule has 1 heterocycles. The summed E-state index contributed by atoms with van der Waals surface area (Å²) in [7, 11) is -3.62. The molecule has 0 aromatic heterocycles. The van der Waals surface area contributed by atoms with E-state index in [0.29, 0.717) is 10.7 Å². The lowest BCUT2D eigenvalue weighted by atomic mass is 10.0. The van der Waals surface area contributed by atoms with Gasteiger partial charge in [-0.3, -0.25) is 4.72 Å². The van der Waals surface area contributed by atoms with Gasteiger partial charge < -0.3 is 5.32 Å². The highest BCUT2D eigenvalue weighted by molar-refractivity contribution is 7.92. The van der Waals surface area contributed by atoms with Crippen molar-refractivity contribution in [1.82, 2.24) is 5.32 Å². The summed E-state index contributed by atoms with van der Waals surface area (Å²) in [4.78, 5) is 0.158. The minimum atomic E-state index is -3.62. The number of hydrogen-bond acceptors (Lipinski definition) is 3. The van der Waals surface area contributed by atoms with Gasteiger partial charge >= 0.3 is 0 Å². The Bertz CT molecular complexity index is 775. The molecule has 4 nitrogen and oxygen atoms in total. The first-order valence-electron chi connectivity index (χ1n) is 6.65. The Morgan fingerprint density at radius 1 is 1.10 bits per heavy atom. The van der Waals surface area contributed by atoms with E-state index in [1.807, 2.05) is 12.1 Å². The summed E-state index contributed by atoms with van der Waals surface area (Å²) < 4.78 is 27.3. The number of halogens is 1. The molecule has 0 saturated heterocycles. The first kappa shape index (κ1) is 14.4. The Kier molecular flexibility index (Phi) is 3.89. The van der Waals surface area contributed by atoms with Gasteiger partial charge in [0.25, 0.3) is 10.0 Å². The number of benzene rings is 2. The highest BCUT2D eigenvalue weighted by Gasteiger charge is 2.16. The lowest BCUT2D eigenvalue weighted by molar-refractivity contribution is 0.601. The molecule has 0 spiro atoms. The second-order valence-electron chi connectivity index (χ2n) is 4.97. The SMILES string of the molecule is O=S(=O)(Nc1ccc2c(c1)CNCC2)c1cccc(Cl)c1. The Morgan fingerprint density at radius 2 is 1.95 bits per heavy atom. The number of fused-ring (bicyclic) bond motifs is 1. The van der Waals surface area contributed by atoms with Crippen LogP contribution in [0.5, 0.6) is 0 Å². The maximum atomic E-state index is 12.3. The van der Waals surface area contributed by atoms with Gasteiger partial charge in [-0.25, -0.2) is 8.42 Å². The van der Waals surface area contributed by atoms with E-state index in [0.717, 1.165) is 25.1 Å². The van der Waals surface area contributed by atoms with Crippen LogP contribution in [0.25, 0.3) is 0 Å². The topological polar surface area (TPSA) is 58.2 Å². The summed E-state index contributed by atoms with van der Waals surface area (Å²) in [5.41, 5.74) is 2.96. The maximum absolute atomic E-state index is 12.3. The number of hydrogen-bond donors (Lipinski definition) is 2. The maximum Gasteiger partial charge on any atom is 0.261 e. The number of anilines is 1. The lowest BCUT2D eigenvalue weighted by Crippen LogP contribution is -2.23. The second-order valence-corrected chi connectivity index (χ2v) is 7.09. The van der Waals surface area contributed by atoms with Crippen molar-refractivity contribution in [2.75, 3.05) is 11.3 Å². The van der Waals surface area contributed by atoms with Crippen LogP contribution < -0.4 is 10.0 Å².